The van der Waals surface area contributed by atoms with E-state index in [0.717, 1.165) is 5.82 Å². The first-order chi connectivity index (χ1) is 8.59. The Hall–Kier alpha value is -1.44. The molecule has 2 rings (SSSR count). The van der Waals surface area contributed by atoms with Gasteiger partial charge in [0.05, 0.1) is 5.02 Å². The van der Waals surface area contributed by atoms with Gasteiger partial charge >= 0.3 is 0 Å². The third-order valence-electron chi connectivity index (χ3n) is 2.23. The van der Waals surface area contributed by atoms with Crippen LogP contribution in [-0.2, 0) is 16.4 Å². The van der Waals surface area contributed by atoms with Gasteiger partial charge in [0, 0.05) is 37.8 Å². The van der Waals surface area contributed by atoms with Crippen molar-refractivity contribution in [3.05, 3.63) is 41.7 Å². The molecule has 0 spiro atoms. The van der Waals surface area contributed by atoms with Crippen LogP contribution < -0.4 is 4.72 Å². The summed E-state index contributed by atoms with van der Waals surface area (Å²) >= 11 is 5.81. The summed E-state index contributed by atoms with van der Waals surface area (Å²) in [6.45, 7) is 0.237. The molecule has 96 valence electrons. The first-order valence-corrected chi connectivity index (χ1v) is 7.03. The lowest BCUT2D eigenvalue weighted by Crippen LogP contribution is -2.26. The highest BCUT2D eigenvalue weighted by atomic mass is 35.5. The molecule has 0 fully saturated rings. The zero-order valence-electron chi connectivity index (χ0n) is 9.30. The number of aromatic nitrogens is 3. The Bertz CT molecular complexity index is 613. The summed E-state index contributed by atoms with van der Waals surface area (Å²) in [6, 6.07) is 1.43. The second-order valence-electron chi connectivity index (χ2n) is 3.49. The average Bonchev–Trinajstić information content (AvgIpc) is 2.82. The smallest absolute Gasteiger partial charge is 0.243 e. The van der Waals surface area contributed by atoms with Crippen molar-refractivity contribution in [1.29, 1.82) is 0 Å². The highest BCUT2D eigenvalue weighted by molar-refractivity contribution is 7.89. The molecule has 8 heteroatoms. The van der Waals surface area contributed by atoms with Crippen molar-refractivity contribution >= 4 is 21.6 Å². The van der Waals surface area contributed by atoms with Crippen LogP contribution in [0.2, 0.25) is 5.02 Å². The molecule has 0 saturated heterocycles. The summed E-state index contributed by atoms with van der Waals surface area (Å²) in [5, 5.41) is 0.149. The first-order valence-electron chi connectivity index (χ1n) is 5.17. The maximum absolute atomic E-state index is 11.9. The van der Waals surface area contributed by atoms with E-state index in [1.807, 2.05) is 0 Å². The number of sulfonamides is 1. The molecule has 0 aromatic carbocycles. The van der Waals surface area contributed by atoms with E-state index in [2.05, 4.69) is 19.7 Å². The lowest BCUT2D eigenvalue weighted by Gasteiger charge is -2.06. The van der Waals surface area contributed by atoms with E-state index < -0.39 is 10.0 Å². The van der Waals surface area contributed by atoms with Crippen LogP contribution in [0.25, 0.3) is 0 Å². The van der Waals surface area contributed by atoms with Crippen LogP contribution in [0.4, 0.5) is 0 Å². The third-order valence-corrected chi connectivity index (χ3v) is 4.16. The van der Waals surface area contributed by atoms with Gasteiger partial charge in [-0.25, -0.2) is 18.1 Å². The summed E-state index contributed by atoms with van der Waals surface area (Å²) in [4.78, 5) is 10.6. The number of rotatable bonds is 5. The monoisotopic (exact) mass is 286 g/mol. The van der Waals surface area contributed by atoms with Gasteiger partial charge in [-0.2, -0.15) is 0 Å². The Kier molecular flexibility index (Phi) is 3.95. The molecule has 2 aromatic heterocycles. The fourth-order valence-corrected chi connectivity index (χ4v) is 2.84. The quantitative estimate of drug-likeness (QED) is 0.857. The summed E-state index contributed by atoms with van der Waals surface area (Å²) in [7, 11) is -3.63. The van der Waals surface area contributed by atoms with Crippen LogP contribution >= 0.6 is 11.6 Å². The molecule has 18 heavy (non-hydrogen) atoms. The molecule has 2 heterocycles. The van der Waals surface area contributed by atoms with Gasteiger partial charge in [0.2, 0.25) is 10.0 Å². The van der Waals surface area contributed by atoms with Gasteiger partial charge in [0.1, 0.15) is 10.7 Å². The maximum atomic E-state index is 11.9. The zero-order valence-corrected chi connectivity index (χ0v) is 10.9. The molecular weight excluding hydrogens is 276 g/mol. The second-order valence-corrected chi connectivity index (χ2v) is 5.63. The molecule has 0 unspecified atom stereocenters. The zero-order chi connectivity index (χ0) is 13.0. The fraction of sp³-hybridized carbons (Fsp3) is 0.200. The third kappa shape index (κ3) is 3.06. The van der Waals surface area contributed by atoms with Crippen LogP contribution in [0, 0.1) is 0 Å². The van der Waals surface area contributed by atoms with E-state index in [9.17, 15) is 8.42 Å². The van der Waals surface area contributed by atoms with Crippen molar-refractivity contribution in [2.45, 2.75) is 11.3 Å². The second kappa shape index (κ2) is 5.47. The van der Waals surface area contributed by atoms with Crippen molar-refractivity contribution in [3.63, 3.8) is 0 Å². The topological polar surface area (TPSA) is 87.7 Å². The minimum atomic E-state index is -3.63. The van der Waals surface area contributed by atoms with Crippen molar-refractivity contribution in [3.8, 4) is 0 Å². The highest BCUT2D eigenvalue weighted by Crippen LogP contribution is 2.18. The number of hydrogen-bond donors (Lipinski definition) is 2. The fourth-order valence-electron chi connectivity index (χ4n) is 1.38. The van der Waals surface area contributed by atoms with Gasteiger partial charge in [0.15, 0.2) is 0 Å². The van der Waals surface area contributed by atoms with Gasteiger partial charge in [-0.3, -0.25) is 4.98 Å². The van der Waals surface area contributed by atoms with Crippen LogP contribution in [-0.4, -0.2) is 29.9 Å². The molecule has 0 aliphatic heterocycles. The Balaban J connectivity index is 2.02. The minimum absolute atomic E-state index is 0.0221. The Morgan fingerprint density at radius 1 is 1.39 bits per heavy atom. The van der Waals surface area contributed by atoms with Gasteiger partial charge in [0.25, 0.3) is 0 Å². The van der Waals surface area contributed by atoms with Crippen LogP contribution in [0.3, 0.4) is 0 Å². The maximum Gasteiger partial charge on any atom is 0.243 e. The molecule has 2 aromatic rings. The van der Waals surface area contributed by atoms with E-state index in [1.165, 1.54) is 18.5 Å². The summed E-state index contributed by atoms with van der Waals surface area (Å²) in [5.41, 5.74) is 0. The van der Waals surface area contributed by atoms with Crippen LogP contribution in [0.15, 0.2) is 35.7 Å². The highest BCUT2D eigenvalue weighted by Gasteiger charge is 2.17. The predicted molar refractivity (Wildman–Crippen MR) is 66.7 cm³/mol. The van der Waals surface area contributed by atoms with Gasteiger partial charge in [-0.05, 0) is 6.07 Å². The molecule has 6 nitrogen and oxygen atoms in total. The van der Waals surface area contributed by atoms with E-state index in [1.54, 1.807) is 12.4 Å². The van der Waals surface area contributed by atoms with E-state index in [4.69, 9.17) is 11.6 Å². The molecule has 0 aliphatic rings. The SMILES string of the molecule is O=S(=O)(NCCc1ncc[nH]1)c1cnccc1Cl. The normalized spacial score (nSPS) is 11.6. The molecule has 0 bridgehead atoms. The Labute approximate surface area is 109 Å². The molecule has 0 radical (unpaired) electrons. The van der Waals surface area contributed by atoms with Gasteiger partial charge < -0.3 is 4.98 Å². The lowest BCUT2D eigenvalue weighted by atomic mass is 10.4. The molecule has 0 amide bonds. The van der Waals surface area contributed by atoms with Crippen molar-refractivity contribution in [2.24, 2.45) is 0 Å². The van der Waals surface area contributed by atoms with Gasteiger partial charge in [-0.15, -0.1) is 0 Å². The van der Waals surface area contributed by atoms with Crippen LogP contribution in [0.1, 0.15) is 5.82 Å². The number of pyridine rings is 1. The summed E-state index contributed by atoms with van der Waals surface area (Å²) in [6.07, 6.45) is 6.43. The minimum Gasteiger partial charge on any atom is -0.349 e. The standard InChI is InChI=1S/C10H11ClN4O2S/c11-8-1-3-12-7-9(8)18(16,17)15-4-2-10-13-5-6-14-10/h1,3,5-7,15H,2,4H2,(H,13,14). The number of aromatic amines is 1. The van der Waals surface area contributed by atoms with Crippen molar-refractivity contribution < 1.29 is 8.42 Å². The average molecular weight is 287 g/mol. The summed E-state index contributed by atoms with van der Waals surface area (Å²) < 4.78 is 26.3. The first kappa shape index (κ1) is 13.0. The largest absolute Gasteiger partial charge is 0.349 e. The number of halogens is 1. The van der Waals surface area contributed by atoms with E-state index in [0.29, 0.717) is 6.42 Å². The van der Waals surface area contributed by atoms with Crippen LogP contribution in [0.5, 0.6) is 0 Å². The van der Waals surface area contributed by atoms with Crippen molar-refractivity contribution in [2.75, 3.05) is 6.54 Å². The molecule has 2 N–H and O–H groups in total. The molecule has 0 atom stereocenters. The molecule has 0 aliphatic carbocycles. The Morgan fingerprint density at radius 3 is 2.89 bits per heavy atom. The number of hydrogen-bond acceptors (Lipinski definition) is 4. The van der Waals surface area contributed by atoms with E-state index in [-0.39, 0.29) is 16.5 Å². The Morgan fingerprint density at radius 2 is 2.22 bits per heavy atom. The predicted octanol–water partition coefficient (Wildman–Crippen LogP) is 0.979. The van der Waals surface area contributed by atoms with E-state index >= 15 is 0 Å². The number of nitrogens with one attached hydrogen (secondary N) is 2. The number of imidazole rings is 1. The number of H-pyrrole nitrogens is 1. The van der Waals surface area contributed by atoms with Gasteiger partial charge in [-0.1, -0.05) is 11.6 Å². The summed E-state index contributed by atoms with van der Waals surface area (Å²) in [5.74, 6) is 0.718. The number of nitrogens with zero attached hydrogens (tertiary/aromatic N) is 2. The lowest BCUT2D eigenvalue weighted by molar-refractivity contribution is 0.580. The molecular formula is C10H11ClN4O2S. The molecule has 0 saturated carbocycles. The van der Waals surface area contributed by atoms with Crippen molar-refractivity contribution in [1.82, 2.24) is 19.7 Å².